The van der Waals surface area contributed by atoms with Gasteiger partial charge in [0.25, 0.3) is 0 Å². The lowest BCUT2D eigenvalue weighted by molar-refractivity contribution is 0.180. The molecule has 3 aromatic rings. The summed E-state index contributed by atoms with van der Waals surface area (Å²) in [6.07, 6.45) is 0. The van der Waals surface area contributed by atoms with Gasteiger partial charge in [-0.05, 0) is 30.3 Å². The molecule has 1 aliphatic rings. The van der Waals surface area contributed by atoms with Gasteiger partial charge in [-0.25, -0.2) is 12.8 Å². The summed E-state index contributed by atoms with van der Waals surface area (Å²) >= 11 is 6.08. The van der Waals surface area contributed by atoms with Gasteiger partial charge in [0.05, 0.1) is 15.9 Å². The second-order valence-electron chi connectivity index (χ2n) is 7.00. The van der Waals surface area contributed by atoms with Crippen molar-refractivity contribution < 1.29 is 12.8 Å². The quantitative estimate of drug-likeness (QED) is 0.584. The molecule has 0 amide bonds. The van der Waals surface area contributed by atoms with E-state index in [2.05, 4.69) is 9.97 Å². The molecule has 4 rings (SSSR count). The Kier molecular flexibility index (Phi) is 5.49. The van der Waals surface area contributed by atoms with Crippen LogP contribution in [0.2, 0.25) is 5.02 Å². The van der Waals surface area contributed by atoms with Crippen LogP contribution >= 0.6 is 11.6 Å². The fraction of sp³-hybridized carbons (Fsp3) is 0.263. The van der Waals surface area contributed by atoms with Gasteiger partial charge in [-0.15, -0.1) is 0 Å². The molecule has 2 heterocycles. The molecule has 158 valence electrons. The van der Waals surface area contributed by atoms with Crippen molar-refractivity contribution in [2.75, 3.05) is 26.2 Å². The SMILES string of the molecule is O=c1[nH]c2ccc(S(=O)(=O)N3CCN(Cc4c(F)cccc4Cl)CC3)cc2[nH]c1=O. The van der Waals surface area contributed by atoms with Gasteiger partial charge >= 0.3 is 11.1 Å². The highest BCUT2D eigenvalue weighted by atomic mass is 35.5. The Morgan fingerprint density at radius 2 is 1.63 bits per heavy atom. The number of nitrogens with one attached hydrogen (secondary N) is 2. The first-order chi connectivity index (χ1) is 14.3. The van der Waals surface area contributed by atoms with E-state index in [0.29, 0.717) is 35.7 Å². The number of fused-ring (bicyclic) bond motifs is 1. The molecule has 30 heavy (non-hydrogen) atoms. The fourth-order valence-electron chi connectivity index (χ4n) is 3.44. The zero-order valence-electron chi connectivity index (χ0n) is 15.7. The second kappa shape index (κ2) is 7.95. The zero-order valence-corrected chi connectivity index (χ0v) is 17.3. The highest BCUT2D eigenvalue weighted by Crippen LogP contribution is 2.23. The van der Waals surface area contributed by atoms with Crippen molar-refractivity contribution in [2.24, 2.45) is 0 Å². The Balaban J connectivity index is 1.51. The molecule has 8 nitrogen and oxygen atoms in total. The van der Waals surface area contributed by atoms with Gasteiger partial charge in [-0.1, -0.05) is 17.7 Å². The Morgan fingerprint density at radius 1 is 0.967 bits per heavy atom. The lowest BCUT2D eigenvalue weighted by atomic mass is 10.2. The largest absolute Gasteiger partial charge is 0.316 e. The van der Waals surface area contributed by atoms with E-state index in [1.807, 2.05) is 4.90 Å². The van der Waals surface area contributed by atoms with Crippen molar-refractivity contribution in [1.29, 1.82) is 0 Å². The van der Waals surface area contributed by atoms with Gasteiger partial charge in [0.15, 0.2) is 0 Å². The molecule has 0 spiro atoms. The third-order valence-electron chi connectivity index (χ3n) is 5.11. The van der Waals surface area contributed by atoms with E-state index in [4.69, 9.17) is 11.6 Å². The molecule has 1 aromatic heterocycles. The molecule has 2 aromatic carbocycles. The standard InChI is InChI=1S/C19H18ClFN4O4S/c20-14-2-1-3-15(21)13(14)11-24-6-8-25(9-7-24)30(28,29)12-4-5-16-17(10-12)23-19(27)18(26)22-16/h1-5,10H,6-9,11H2,(H,22,26)(H,23,27). The average Bonchev–Trinajstić information content (AvgIpc) is 2.72. The summed E-state index contributed by atoms with van der Waals surface area (Å²) in [6.45, 7) is 1.59. The van der Waals surface area contributed by atoms with Crippen LogP contribution in [0.4, 0.5) is 4.39 Å². The smallest absolute Gasteiger partial charge is 0.314 e. The van der Waals surface area contributed by atoms with Gasteiger partial charge in [0.1, 0.15) is 5.82 Å². The van der Waals surface area contributed by atoms with Crippen LogP contribution in [-0.2, 0) is 16.6 Å². The van der Waals surface area contributed by atoms with E-state index in [1.54, 1.807) is 6.07 Å². The summed E-state index contributed by atoms with van der Waals surface area (Å²) in [5, 5.41) is 0.341. The normalized spacial score (nSPS) is 16.2. The van der Waals surface area contributed by atoms with E-state index >= 15 is 0 Å². The van der Waals surface area contributed by atoms with Gasteiger partial charge in [0, 0.05) is 43.3 Å². The molecule has 0 aliphatic carbocycles. The summed E-state index contributed by atoms with van der Waals surface area (Å²) in [5.41, 5.74) is -0.691. The minimum Gasteiger partial charge on any atom is -0.316 e. The van der Waals surface area contributed by atoms with Crippen molar-refractivity contribution in [2.45, 2.75) is 11.4 Å². The summed E-state index contributed by atoms with van der Waals surface area (Å²) in [4.78, 5) is 29.7. The number of halogens is 2. The molecule has 0 atom stereocenters. The third kappa shape index (κ3) is 3.91. The number of rotatable bonds is 4. The van der Waals surface area contributed by atoms with Crippen LogP contribution in [0.5, 0.6) is 0 Å². The molecule has 11 heteroatoms. The third-order valence-corrected chi connectivity index (χ3v) is 7.35. The zero-order chi connectivity index (χ0) is 21.5. The predicted octanol–water partition coefficient (Wildman–Crippen LogP) is 1.52. The molecule has 2 N–H and O–H groups in total. The van der Waals surface area contributed by atoms with Crippen molar-refractivity contribution >= 4 is 32.7 Å². The summed E-state index contributed by atoms with van der Waals surface area (Å²) in [6, 6.07) is 8.66. The minimum atomic E-state index is -3.80. The molecule has 1 fully saturated rings. The topological polar surface area (TPSA) is 106 Å². The fourth-order valence-corrected chi connectivity index (χ4v) is 5.11. The van der Waals surface area contributed by atoms with Crippen LogP contribution in [0.3, 0.4) is 0 Å². The number of nitrogens with zero attached hydrogens (tertiary/aromatic N) is 2. The first-order valence-electron chi connectivity index (χ1n) is 9.17. The molecule has 0 radical (unpaired) electrons. The summed E-state index contributed by atoms with van der Waals surface area (Å²) in [5.74, 6) is -0.388. The average molecular weight is 453 g/mol. The number of H-pyrrole nitrogens is 2. The minimum absolute atomic E-state index is 0.0169. The maximum atomic E-state index is 14.0. The van der Waals surface area contributed by atoms with Crippen molar-refractivity contribution in [3.8, 4) is 0 Å². The van der Waals surface area contributed by atoms with Crippen molar-refractivity contribution in [1.82, 2.24) is 19.2 Å². The van der Waals surface area contributed by atoms with E-state index in [9.17, 15) is 22.4 Å². The number of aromatic nitrogens is 2. The van der Waals surface area contributed by atoms with Gasteiger partial charge < -0.3 is 9.97 Å². The van der Waals surface area contributed by atoms with E-state index in [-0.39, 0.29) is 29.3 Å². The Bertz CT molecular complexity index is 1310. The second-order valence-corrected chi connectivity index (χ2v) is 9.34. The molecule has 0 saturated carbocycles. The molecular weight excluding hydrogens is 435 g/mol. The predicted molar refractivity (Wildman–Crippen MR) is 111 cm³/mol. The maximum Gasteiger partial charge on any atom is 0.314 e. The lowest BCUT2D eigenvalue weighted by Gasteiger charge is -2.34. The van der Waals surface area contributed by atoms with Crippen LogP contribution in [0.15, 0.2) is 50.9 Å². The Labute approximate surface area is 176 Å². The highest BCUT2D eigenvalue weighted by molar-refractivity contribution is 7.89. The van der Waals surface area contributed by atoms with E-state index < -0.39 is 21.1 Å². The molecular formula is C19H18ClFN4O4S. The van der Waals surface area contributed by atoms with Gasteiger partial charge in [0.2, 0.25) is 10.0 Å². The maximum absolute atomic E-state index is 14.0. The molecule has 0 unspecified atom stereocenters. The number of sulfonamides is 1. The van der Waals surface area contributed by atoms with Crippen LogP contribution < -0.4 is 11.1 Å². The lowest BCUT2D eigenvalue weighted by Crippen LogP contribution is -2.48. The first-order valence-corrected chi connectivity index (χ1v) is 11.0. The van der Waals surface area contributed by atoms with E-state index in [1.165, 1.54) is 34.6 Å². The van der Waals surface area contributed by atoms with Crippen LogP contribution in [0, 0.1) is 5.82 Å². The summed E-state index contributed by atoms with van der Waals surface area (Å²) < 4.78 is 41.4. The van der Waals surface area contributed by atoms with Gasteiger partial charge in [-0.3, -0.25) is 14.5 Å². The number of hydrogen-bond acceptors (Lipinski definition) is 5. The highest BCUT2D eigenvalue weighted by Gasteiger charge is 2.29. The van der Waals surface area contributed by atoms with E-state index in [0.717, 1.165) is 0 Å². The number of benzene rings is 2. The Morgan fingerprint density at radius 3 is 2.30 bits per heavy atom. The number of hydrogen-bond donors (Lipinski definition) is 2. The molecule has 1 aliphatic heterocycles. The van der Waals surface area contributed by atoms with Crippen molar-refractivity contribution in [3.63, 3.8) is 0 Å². The van der Waals surface area contributed by atoms with Crippen molar-refractivity contribution in [3.05, 3.63) is 73.5 Å². The Hall–Kier alpha value is -2.53. The van der Waals surface area contributed by atoms with Gasteiger partial charge in [-0.2, -0.15) is 4.31 Å². The van der Waals surface area contributed by atoms with Crippen LogP contribution in [0.25, 0.3) is 11.0 Å². The number of aromatic amines is 2. The molecule has 0 bridgehead atoms. The summed E-state index contributed by atoms with van der Waals surface area (Å²) in [7, 11) is -3.80. The number of piperazine rings is 1. The molecule has 1 saturated heterocycles. The monoisotopic (exact) mass is 452 g/mol. The van der Waals surface area contributed by atoms with Crippen LogP contribution in [0.1, 0.15) is 5.56 Å². The van der Waals surface area contributed by atoms with Crippen LogP contribution in [-0.4, -0.2) is 53.8 Å². The first kappa shape index (κ1) is 20.7.